The highest BCUT2D eigenvalue weighted by molar-refractivity contribution is 7.07. The van der Waals surface area contributed by atoms with Crippen LogP contribution in [0.2, 0.25) is 0 Å². The van der Waals surface area contributed by atoms with Gasteiger partial charge in [-0.3, -0.25) is 0 Å². The first-order valence-electron chi connectivity index (χ1n) is 6.78. The maximum atomic E-state index is 12.1. The summed E-state index contributed by atoms with van der Waals surface area (Å²) in [5.41, 5.74) is 1.22. The normalized spacial score (nSPS) is 12.4. The van der Waals surface area contributed by atoms with E-state index < -0.39 is 0 Å². The second-order valence-corrected chi connectivity index (χ2v) is 5.94. The zero-order valence-corrected chi connectivity index (χ0v) is 13.4. The molecule has 0 saturated carbocycles. The third-order valence-electron chi connectivity index (χ3n) is 3.32. The summed E-state index contributed by atoms with van der Waals surface area (Å²) in [7, 11) is 5.79. The van der Waals surface area contributed by atoms with Crippen LogP contribution < -0.4 is 5.32 Å². The van der Waals surface area contributed by atoms with E-state index in [0.717, 1.165) is 5.76 Å². The summed E-state index contributed by atoms with van der Waals surface area (Å²) in [5.74, 6) is 0.773. The molecule has 21 heavy (non-hydrogen) atoms. The number of hydrogen-bond donors (Lipinski definition) is 1. The highest BCUT2D eigenvalue weighted by Gasteiger charge is 2.17. The lowest BCUT2D eigenvalue weighted by molar-refractivity contribution is 0.197. The van der Waals surface area contributed by atoms with Gasteiger partial charge in [-0.15, -0.1) is 0 Å². The van der Waals surface area contributed by atoms with Gasteiger partial charge in [0, 0.05) is 13.6 Å². The first kappa shape index (κ1) is 15.6. The Labute approximate surface area is 129 Å². The van der Waals surface area contributed by atoms with E-state index >= 15 is 0 Å². The van der Waals surface area contributed by atoms with Gasteiger partial charge in [-0.05, 0) is 48.6 Å². The summed E-state index contributed by atoms with van der Waals surface area (Å²) in [5, 5.41) is 7.14. The molecular formula is C15H21N3O2S. The van der Waals surface area contributed by atoms with E-state index in [2.05, 4.69) is 27.0 Å². The van der Waals surface area contributed by atoms with Crippen LogP contribution in [0.4, 0.5) is 4.79 Å². The van der Waals surface area contributed by atoms with Crippen LogP contribution in [0.25, 0.3) is 0 Å². The van der Waals surface area contributed by atoms with Crippen molar-refractivity contribution in [1.82, 2.24) is 15.1 Å². The largest absolute Gasteiger partial charge is 0.467 e. The number of furan rings is 1. The third kappa shape index (κ3) is 4.34. The molecule has 0 fully saturated rings. The summed E-state index contributed by atoms with van der Waals surface area (Å²) in [6, 6.07) is 5.84. The Morgan fingerprint density at radius 3 is 2.76 bits per heavy atom. The Bertz CT molecular complexity index is 537. The number of amides is 2. The third-order valence-corrected chi connectivity index (χ3v) is 4.02. The molecule has 1 N–H and O–H groups in total. The fourth-order valence-corrected chi connectivity index (χ4v) is 2.80. The smallest absolute Gasteiger partial charge is 0.317 e. The first-order chi connectivity index (χ1) is 10.1. The van der Waals surface area contributed by atoms with E-state index in [1.807, 2.05) is 26.2 Å². The molecule has 0 aliphatic rings. The predicted octanol–water partition coefficient (Wildman–Crippen LogP) is 2.79. The molecule has 0 spiro atoms. The molecule has 2 rings (SSSR count). The summed E-state index contributed by atoms with van der Waals surface area (Å²) in [6.45, 7) is 1.04. The van der Waals surface area contributed by atoms with Crippen molar-refractivity contribution in [1.29, 1.82) is 0 Å². The van der Waals surface area contributed by atoms with Crippen LogP contribution in [0.5, 0.6) is 0 Å². The standard InChI is InChI=1S/C15H21N3O2S/c1-17(2)14(12-6-8-21-11-12)9-16-15(19)18(3)10-13-5-4-7-20-13/h4-8,11,14H,9-10H2,1-3H3,(H,16,19)/t14-/m0/s1. The number of likely N-dealkylation sites (N-methyl/N-ethyl adjacent to an activating group) is 1. The van der Waals surface area contributed by atoms with Crippen molar-refractivity contribution in [3.05, 3.63) is 46.5 Å². The average Bonchev–Trinajstić information content (AvgIpc) is 3.11. The Kier molecular flexibility index (Phi) is 5.41. The summed E-state index contributed by atoms with van der Waals surface area (Å²) >= 11 is 1.67. The summed E-state index contributed by atoms with van der Waals surface area (Å²) in [6.07, 6.45) is 1.61. The van der Waals surface area contributed by atoms with E-state index in [1.54, 1.807) is 29.5 Å². The Morgan fingerprint density at radius 1 is 1.38 bits per heavy atom. The summed E-state index contributed by atoms with van der Waals surface area (Å²) in [4.78, 5) is 15.8. The van der Waals surface area contributed by atoms with Crippen molar-refractivity contribution in [3.8, 4) is 0 Å². The van der Waals surface area contributed by atoms with Crippen molar-refractivity contribution < 1.29 is 9.21 Å². The van der Waals surface area contributed by atoms with E-state index in [1.165, 1.54) is 5.56 Å². The van der Waals surface area contributed by atoms with Crippen LogP contribution in [0.15, 0.2) is 39.6 Å². The molecule has 1 atom stereocenters. The van der Waals surface area contributed by atoms with Gasteiger partial charge in [-0.2, -0.15) is 11.3 Å². The van der Waals surface area contributed by atoms with E-state index in [4.69, 9.17) is 4.42 Å². The van der Waals surface area contributed by atoms with Crippen LogP contribution in [-0.4, -0.2) is 43.5 Å². The van der Waals surface area contributed by atoms with Crippen molar-refractivity contribution in [2.75, 3.05) is 27.7 Å². The quantitative estimate of drug-likeness (QED) is 0.893. The molecule has 0 aliphatic carbocycles. The van der Waals surface area contributed by atoms with Crippen molar-refractivity contribution in [2.24, 2.45) is 0 Å². The number of urea groups is 1. The Morgan fingerprint density at radius 2 is 2.19 bits per heavy atom. The first-order valence-corrected chi connectivity index (χ1v) is 7.72. The molecule has 2 aromatic heterocycles. The van der Waals surface area contributed by atoms with Gasteiger partial charge in [-0.25, -0.2) is 4.79 Å². The highest BCUT2D eigenvalue weighted by atomic mass is 32.1. The number of rotatable bonds is 6. The fraction of sp³-hybridized carbons (Fsp3) is 0.400. The molecule has 0 bridgehead atoms. The second kappa shape index (κ2) is 7.28. The predicted molar refractivity (Wildman–Crippen MR) is 84.3 cm³/mol. The Hall–Kier alpha value is -1.79. The highest BCUT2D eigenvalue weighted by Crippen LogP contribution is 2.20. The van der Waals surface area contributed by atoms with Gasteiger partial charge in [0.15, 0.2) is 0 Å². The zero-order valence-electron chi connectivity index (χ0n) is 12.6. The van der Waals surface area contributed by atoms with Gasteiger partial charge < -0.3 is 19.5 Å². The molecule has 2 aromatic rings. The lowest BCUT2D eigenvalue weighted by Crippen LogP contribution is -2.41. The second-order valence-electron chi connectivity index (χ2n) is 5.16. The van der Waals surface area contributed by atoms with E-state index in [-0.39, 0.29) is 12.1 Å². The zero-order chi connectivity index (χ0) is 15.2. The lowest BCUT2D eigenvalue weighted by Gasteiger charge is -2.25. The van der Waals surface area contributed by atoms with Gasteiger partial charge in [0.05, 0.1) is 18.8 Å². The molecule has 0 aliphatic heterocycles. The minimum Gasteiger partial charge on any atom is -0.467 e. The molecule has 114 valence electrons. The minimum atomic E-state index is -0.103. The topological polar surface area (TPSA) is 48.7 Å². The SMILES string of the molecule is CN(Cc1ccco1)C(=O)NC[C@@H](c1ccsc1)N(C)C. The van der Waals surface area contributed by atoms with Gasteiger partial charge in [0.25, 0.3) is 0 Å². The average molecular weight is 307 g/mol. The maximum absolute atomic E-state index is 12.1. The Balaban J connectivity index is 1.87. The molecule has 2 amide bonds. The van der Waals surface area contributed by atoms with Crippen LogP contribution in [0.3, 0.4) is 0 Å². The molecule has 0 radical (unpaired) electrons. The maximum Gasteiger partial charge on any atom is 0.317 e. The molecule has 6 heteroatoms. The molecule has 5 nitrogen and oxygen atoms in total. The van der Waals surface area contributed by atoms with Crippen molar-refractivity contribution in [3.63, 3.8) is 0 Å². The molecular weight excluding hydrogens is 286 g/mol. The van der Waals surface area contributed by atoms with Crippen molar-refractivity contribution in [2.45, 2.75) is 12.6 Å². The molecule has 2 heterocycles. The van der Waals surface area contributed by atoms with Crippen LogP contribution in [-0.2, 0) is 6.54 Å². The van der Waals surface area contributed by atoms with Gasteiger partial charge in [-0.1, -0.05) is 0 Å². The van der Waals surface area contributed by atoms with Crippen LogP contribution >= 0.6 is 11.3 Å². The number of hydrogen-bond acceptors (Lipinski definition) is 4. The monoisotopic (exact) mass is 307 g/mol. The fourth-order valence-electron chi connectivity index (χ4n) is 2.09. The number of carbonyl (C=O) groups excluding carboxylic acids is 1. The van der Waals surface area contributed by atoms with Gasteiger partial charge >= 0.3 is 6.03 Å². The minimum absolute atomic E-state index is 0.103. The van der Waals surface area contributed by atoms with Gasteiger partial charge in [0.2, 0.25) is 0 Å². The van der Waals surface area contributed by atoms with Crippen LogP contribution in [0.1, 0.15) is 17.4 Å². The lowest BCUT2D eigenvalue weighted by atomic mass is 10.1. The number of thiophene rings is 1. The summed E-state index contributed by atoms with van der Waals surface area (Å²) < 4.78 is 5.25. The number of nitrogens with one attached hydrogen (secondary N) is 1. The molecule has 0 unspecified atom stereocenters. The van der Waals surface area contributed by atoms with E-state index in [0.29, 0.717) is 13.1 Å². The van der Waals surface area contributed by atoms with Crippen LogP contribution in [0, 0.1) is 0 Å². The van der Waals surface area contributed by atoms with Gasteiger partial charge in [0.1, 0.15) is 5.76 Å². The number of carbonyl (C=O) groups is 1. The van der Waals surface area contributed by atoms with Crippen molar-refractivity contribution >= 4 is 17.4 Å². The molecule has 0 saturated heterocycles. The van der Waals surface area contributed by atoms with E-state index in [9.17, 15) is 4.79 Å². The number of nitrogens with zero attached hydrogens (tertiary/aromatic N) is 2. The molecule has 0 aromatic carbocycles.